The van der Waals surface area contributed by atoms with E-state index in [0.717, 1.165) is 31.2 Å². The number of sulfonamides is 1. The van der Waals surface area contributed by atoms with E-state index < -0.39 is 10.0 Å². The summed E-state index contributed by atoms with van der Waals surface area (Å²) in [6.45, 7) is 0.653. The van der Waals surface area contributed by atoms with Crippen LogP contribution in [0.3, 0.4) is 0 Å². The van der Waals surface area contributed by atoms with Crippen LogP contribution in [0, 0.1) is 0 Å². The largest absolute Gasteiger partial charge is 0.245 e. The van der Waals surface area contributed by atoms with Crippen molar-refractivity contribution in [3.8, 4) is 0 Å². The van der Waals surface area contributed by atoms with Crippen LogP contribution in [0.15, 0.2) is 18.3 Å². The lowest BCUT2D eigenvalue weighted by Crippen LogP contribution is -2.34. The number of aryl methyl sites for hydroxylation is 1. The van der Waals surface area contributed by atoms with Crippen molar-refractivity contribution >= 4 is 21.6 Å². The van der Waals surface area contributed by atoms with Crippen molar-refractivity contribution in [1.29, 1.82) is 0 Å². The van der Waals surface area contributed by atoms with E-state index in [4.69, 9.17) is 11.6 Å². The molecule has 1 aromatic rings. The summed E-state index contributed by atoms with van der Waals surface area (Å²) in [5.74, 6) is 0. The second kappa shape index (κ2) is 5.55. The molecule has 1 atom stereocenters. The fourth-order valence-electron chi connectivity index (χ4n) is 2.47. The van der Waals surface area contributed by atoms with Crippen LogP contribution in [0.4, 0.5) is 0 Å². The van der Waals surface area contributed by atoms with E-state index in [-0.39, 0.29) is 6.04 Å². The summed E-state index contributed by atoms with van der Waals surface area (Å²) in [4.78, 5) is 3.93. The molecule has 100 valence electrons. The molecule has 0 aliphatic carbocycles. The topological polar surface area (TPSA) is 50.3 Å². The molecule has 2 heterocycles. The van der Waals surface area contributed by atoms with Crippen molar-refractivity contribution in [2.45, 2.75) is 31.7 Å². The number of rotatable bonds is 4. The van der Waals surface area contributed by atoms with Crippen molar-refractivity contribution in [2.75, 3.05) is 12.8 Å². The van der Waals surface area contributed by atoms with E-state index in [1.54, 1.807) is 10.5 Å². The van der Waals surface area contributed by atoms with Crippen LogP contribution in [0.2, 0.25) is 5.15 Å². The van der Waals surface area contributed by atoms with Gasteiger partial charge in [0, 0.05) is 18.8 Å². The highest BCUT2D eigenvalue weighted by atomic mass is 35.5. The maximum Gasteiger partial charge on any atom is 0.211 e. The number of hydrogen-bond acceptors (Lipinski definition) is 3. The Morgan fingerprint density at radius 1 is 1.56 bits per heavy atom. The number of hydrogen-bond donors (Lipinski definition) is 0. The van der Waals surface area contributed by atoms with Gasteiger partial charge in [0.2, 0.25) is 10.0 Å². The standard InChI is InChI=1S/C12H17ClN2O2S/c1-18(16,17)15-8-2-3-11(15)5-4-10-6-7-14-12(13)9-10/h6-7,9,11H,2-5,8H2,1H3. The van der Waals surface area contributed by atoms with Gasteiger partial charge in [0.25, 0.3) is 0 Å². The van der Waals surface area contributed by atoms with Crippen LogP contribution in [-0.4, -0.2) is 36.5 Å². The Hall–Kier alpha value is -0.650. The van der Waals surface area contributed by atoms with Gasteiger partial charge in [-0.2, -0.15) is 4.31 Å². The summed E-state index contributed by atoms with van der Waals surface area (Å²) in [6, 6.07) is 3.89. The zero-order chi connectivity index (χ0) is 13.2. The first-order chi connectivity index (χ1) is 8.47. The number of halogens is 1. The minimum Gasteiger partial charge on any atom is -0.245 e. The predicted octanol–water partition coefficient (Wildman–Crippen LogP) is 2.09. The maximum atomic E-state index is 11.6. The third-order valence-electron chi connectivity index (χ3n) is 3.31. The summed E-state index contributed by atoms with van der Waals surface area (Å²) in [5.41, 5.74) is 1.11. The SMILES string of the molecule is CS(=O)(=O)N1CCCC1CCc1ccnc(Cl)c1. The smallest absolute Gasteiger partial charge is 0.211 e. The Morgan fingerprint density at radius 2 is 2.33 bits per heavy atom. The Bertz CT molecular complexity index is 519. The predicted molar refractivity (Wildman–Crippen MR) is 72.1 cm³/mol. The van der Waals surface area contributed by atoms with Crippen molar-refractivity contribution in [3.63, 3.8) is 0 Å². The summed E-state index contributed by atoms with van der Waals surface area (Å²) in [5, 5.41) is 0.485. The fraction of sp³-hybridized carbons (Fsp3) is 0.583. The Kier molecular flexibility index (Phi) is 4.25. The van der Waals surface area contributed by atoms with Crippen molar-refractivity contribution in [2.24, 2.45) is 0 Å². The van der Waals surface area contributed by atoms with Gasteiger partial charge in [-0.15, -0.1) is 0 Å². The Balaban J connectivity index is 1.98. The first-order valence-corrected chi connectivity index (χ1v) is 8.27. The van der Waals surface area contributed by atoms with E-state index in [0.29, 0.717) is 11.7 Å². The molecule has 0 amide bonds. The molecule has 0 aromatic carbocycles. The molecule has 4 nitrogen and oxygen atoms in total. The van der Waals surface area contributed by atoms with E-state index in [1.165, 1.54) is 6.26 Å². The van der Waals surface area contributed by atoms with Crippen LogP contribution in [0.25, 0.3) is 0 Å². The normalized spacial score (nSPS) is 21.3. The maximum absolute atomic E-state index is 11.6. The average molecular weight is 289 g/mol. The third-order valence-corrected chi connectivity index (χ3v) is 4.85. The molecule has 1 saturated heterocycles. The van der Waals surface area contributed by atoms with E-state index in [9.17, 15) is 8.42 Å². The lowest BCUT2D eigenvalue weighted by molar-refractivity contribution is 0.373. The highest BCUT2D eigenvalue weighted by molar-refractivity contribution is 7.88. The Labute approximate surface area is 113 Å². The number of pyridine rings is 1. The van der Waals surface area contributed by atoms with Gasteiger partial charge in [0.05, 0.1) is 6.26 Å². The molecular formula is C12H17ClN2O2S. The molecule has 6 heteroatoms. The fourth-order valence-corrected chi connectivity index (χ4v) is 3.88. The van der Waals surface area contributed by atoms with Gasteiger partial charge in [0.1, 0.15) is 5.15 Å². The van der Waals surface area contributed by atoms with Crippen LogP contribution in [0.1, 0.15) is 24.8 Å². The minimum atomic E-state index is -3.07. The molecule has 1 fully saturated rings. The molecule has 1 aliphatic rings. The molecule has 18 heavy (non-hydrogen) atoms. The molecule has 0 bridgehead atoms. The summed E-state index contributed by atoms with van der Waals surface area (Å²) >= 11 is 5.82. The van der Waals surface area contributed by atoms with Crippen molar-refractivity contribution in [1.82, 2.24) is 9.29 Å². The van der Waals surface area contributed by atoms with Gasteiger partial charge in [0.15, 0.2) is 0 Å². The molecular weight excluding hydrogens is 272 g/mol. The van der Waals surface area contributed by atoms with Crippen LogP contribution in [0.5, 0.6) is 0 Å². The summed E-state index contributed by atoms with van der Waals surface area (Å²) in [7, 11) is -3.07. The molecule has 0 saturated carbocycles. The molecule has 0 spiro atoms. The van der Waals surface area contributed by atoms with E-state index in [2.05, 4.69) is 4.98 Å². The number of nitrogens with zero attached hydrogens (tertiary/aromatic N) is 2. The first kappa shape index (κ1) is 13.8. The first-order valence-electron chi connectivity index (χ1n) is 6.04. The monoisotopic (exact) mass is 288 g/mol. The van der Waals surface area contributed by atoms with Crippen LogP contribution >= 0.6 is 11.6 Å². The lowest BCUT2D eigenvalue weighted by atomic mass is 10.1. The highest BCUT2D eigenvalue weighted by Gasteiger charge is 2.30. The van der Waals surface area contributed by atoms with Gasteiger partial charge in [-0.25, -0.2) is 13.4 Å². The van der Waals surface area contributed by atoms with Gasteiger partial charge >= 0.3 is 0 Å². The zero-order valence-corrected chi connectivity index (χ0v) is 11.9. The third kappa shape index (κ3) is 3.43. The minimum absolute atomic E-state index is 0.131. The lowest BCUT2D eigenvalue weighted by Gasteiger charge is -2.21. The summed E-state index contributed by atoms with van der Waals surface area (Å²) in [6.07, 6.45) is 6.54. The number of aromatic nitrogens is 1. The molecule has 1 aromatic heterocycles. The van der Waals surface area contributed by atoms with Gasteiger partial charge in [-0.05, 0) is 43.4 Å². The van der Waals surface area contributed by atoms with E-state index in [1.807, 2.05) is 12.1 Å². The average Bonchev–Trinajstić information content (AvgIpc) is 2.74. The van der Waals surface area contributed by atoms with Crippen molar-refractivity contribution in [3.05, 3.63) is 29.0 Å². The van der Waals surface area contributed by atoms with Gasteiger partial charge in [-0.1, -0.05) is 11.6 Å². The second-order valence-corrected chi connectivity index (χ2v) is 7.02. The summed E-state index contributed by atoms with van der Waals surface area (Å²) < 4.78 is 24.8. The molecule has 0 N–H and O–H groups in total. The van der Waals surface area contributed by atoms with Crippen LogP contribution < -0.4 is 0 Å². The second-order valence-electron chi connectivity index (χ2n) is 4.70. The zero-order valence-electron chi connectivity index (χ0n) is 10.3. The van der Waals surface area contributed by atoms with Crippen LogP contribution in [-0.2, 0) is 16.4 Å². The van der Waals surface area contributed by atoms with Gasteiger partial charge < -0.3 is 0 Å². The molecule has 2 rings (SSSR count). The molecule has 1 unspecified atom stereocenters. The molecule has 1 aliphatic heterocycles. The van der Waals surface area contributed by atoms with Crippen molar-refractivity contribution < 1.29 is 8.42 Å². The highest BCUT2D eigenvalue weighted by Crippen LogP contribution is 2.24. The van der Waals surface area contributed by atoms with E-state index >= 15 is 0 Å². The quantitative estimate of drug-likeness (QED) is 0.797. The Morgan fingerprint density at radius 3 is 3.00 bits per heavy atom. The molecule has 0 radical (unpaired) electrons. The van der Waals surface area contributed by atoms with Gasteiger partial charge in [-0.3, -0.25) is 0 Å².